The van der Waals surface area contributed by atoms with Gasteiger partial charge >= 0.3 is 0 Å². The van der Waals surface area contributed by atoms with E-state index in [0.29, 0.717) is 5.91 Å². The molecule has 2 fully saturated rings. The van der Waals surface area contributed by atoms with Crippen LogP contribution in [0.4, 0.5) is 0 Å². The molecule has 1 aromatic rings. The number of carbonyl (C=O) groups excluding carboxylic acids is 1. The number of amides is 1. The lowest BCUT2D eigenvalue weighted by molar-refractivity contribution is -0.137. The van der Waals surface area contributed by atoms with Crippen molar-refractivity contribution in [3.05, 3.63) is 16.1 Å². The van der Waals surface area contributed by atoms with E-state index < -0.39 is 0 Å². The lowest BCUT2D eigenvalue weighted by Crippen LogP contribution is -2.49. The summed E-state index contributed by atoms with van der Waals surface area (Å²) in [6.45, 7) is 11.0. The molecular formula is C18H30N4OS. The van der Waals surface area contributed by atoms with Crippen LogP contribution in [0.2, 0.25) is 0 Å². The highest BCUT2D eigenvalue weighted by Crippen LogP contribution is 2.27. The van der Waals surface area contributed by atoms with Gasteiger partial charge in [-0.25, -0.2) is 4.98 Å². The zero-order chi connectivity index (χ0) is 17.3. The van der Waals surface area contributed by atoms with Gasteiger partial charge in [-0.2, -0.15) is 0 Å². The van der Waals surface area contributed by atoms with Gasteiger partial charge in [0.2, 0.25) is 5.91 Å². The van der Waals surface area contributed by atoms with Crippen molar-refractivity contribution in [3.63, 3.8) is 0 Å². The molecule has 1 aliphatic carbocycles. The molecule has 1 aromatic heterocycles. The second kappa shape index (κ2) is 7.10. The second-order valence-electron chi connectivity index (χ2n) is 8.27. The maximum Gasteiger partial charge on any atom is 0.225 e. The van der Waals surface area contributed by atoms with Crippen molar-refractivity contribution in [1.29, 1.82) is 0 Å². The molecule has 24 heavy (non-hydrogen) atoms. The minimum absolute atomic E-state index is 0.121. The maximum atomic E-state index is 12.6. The summed E-state index contributed by atoms with van der Waals surface area (Å²) in [6.07, 6.45) is 2.83. The first-order chi connectivity index (χ1) is 11.3. The smallest absolute Gasteiger partial charge is 0.225 e. The molecule has 2 N–H and O–H groups in total. The molecule has 0 bridgehead atoms. The molecule has 0 radical (unpaired) electrons. The zero-order valence-electron chi connectivity index (χ0n) is 15.1. The lowest BCUT2D eigenvalue weighted by Gasteiger charge is -2.35. The van der Waals surface area contributed by atoms with Gasteiger partial charge in [-0.15, -0.1) is 11.3 Å². The van der Waals surface area contributed by atoms with Crippen LogP contribution < -0.4 is 5.73 Å². The van der Waals surface area contributed by atoms with Crippen LogP contribution in [0.15, 0.2) is 5.38 Å². The van der Waals surface area contributed by atoms with Crippen LogP contribution in [0.1, 0.15) is 50.7 Å². The summed E-state index contributed by atoms with van der Waals surface area (Å²) in [5, 5.41) is 3.38. The summed E-state index contributed by atoms with van der Waals surface area (Å²) in [5.74, 6) is 0.491. The zero-order valence-corrected chi connectivity index (χ0v) is 15.9. The minimum atomic E-state index is 0.121. The van der Waals surface area contributed by atoms with E-state index in [4.69, 9.17) is 10.7 Å². The normalized spacial score (nSPS) is 26.1. The molecule has 2 aliphatic rings. The Hall–Kier alpha value is -0.980. The summed E-state index contributed by atoms with van der Waals surface area (Å²) < 4.78 is 0. The average Bonchev–Trinajstić information content (AvgIpc) is 3.16. The maximum absolute atomic E-state index is 12.6. The molecule has 1 aliphatic heterocycles. The van der Waals surface area contributed by atoms with Gasteiger partial charge in [-0.1, -0.05) is 20.8 Å². The van der Waals surface area contributed by atoms with Gasteiger partial charge < -0.3 is 10.6 Å². The minimum Gasteiger partial charge on any atom is -0.340 e. The van der Waals surface area contributed by atoms with Crippen LogP contribution in [-0.4, -0.2) is 52.9 Å². The first kappa shape index (κ1) is 17.8. The molecule has 5 nitrogen and oxygen atoms in total. The van der Waals surface area contributed by atoms with Gasteiger partial charge in [0.1, 0.15) is 0 Å². The third kappa shape index (κ3) is 4.16. The first-order valence-electron chi connectivity index (χ1n) is 9.04. The quantitative estimate of drug-likeness (QED) is 0.908. The Labute approximate surface area is 149 Å². The Bertz CT molecular complexity index is 572. The topological polar surface area (TPSA) is 62.5 Å². The Kier molecular flexibility index (Phi) is 5.27. The predicted octanol–water partition coefficient (Wildman–Crippen LogP) is 2.21. The van der Waals surface area contributed by atoms with E-state index in [9.17, 15) is 4.79 Å². The van der Waals surface area contributed by atoms with Crippen molar-refractivity contribution in [2.75, 3.05) is 26.2 Å². The van der Waals surface area contributed by atoms with Crippen LogP contribution in [-0.2, 0) is 16.8 Å². The standard InChI is InChI=1S/C18H30N4OS/c1-18(2,3)17-20-15(12-24-17)11-21-6-8-22(9-7-21)16(23)13-4-5-14(19)10-13/h12-14H,4-11,19H2,1-3H3. The Morgan fingerprint density at radius 2 is 2.00 bits per heavy atom. The van der Waals surface area contributed by atoms with Crippen LogP contribution in [0.5, 0.6) is 0 Å². The average molecular weight is 351 g/mol. The molecule has 1 saturated carbocycles. The van der Waals surface area contributed by atoms with Gasteiger partial charge in [-0.3, -0.25) is 9.69 Å². The summed E-state index contributed by atoms with van der Waals surface area (Å²) in [4.78, 5) is 21.8. The van der Waals surface area contributed by atoms with Crippen molar-refractivity contribution >= 4 is 17.2 Å². The second-order valence-corrected chi connectivity index (χ2v) is 9.12. The highest BCUT2D eigenvalue weighted by molar-refractivity contribution is 7.09. The highest BCUT2D eigenvalue weighted by Gasteiger charge is 2.32. The number of nitrogens with two attached hydrogens (primary N) is 1. The van der Waals surface area contributed by atoms with Crippen molar-refractivity contribution in [3.8, 4) is 0 Å². The molecule has 0 aromatic carbocycles. The molecule has 1 saturated heterocycles. The molecule has 2 heterocycles. The van der Waals surface area contributed by atoms with Crippen LogP contribution in [0.3, 0.4) is 0 Å². The van der Waals surface area contributed by atoms with Crippen molar-refractivity contribution < 1.29 is 4.79 Å². The molecular weight excluding hydrogens is 320 g/mol. The molecule has 2 unspecified atom stereocenters. The van der Waals surface area contributed by atoms with E-state index in [1.54, 1.807) is 11.3 Å². The molecule has 134 valence electrons. The fourth-order valence-corrected chi connectivity index (χ4v) is 4.48. The molecule has 3 rings (SSSR count). The van der Waals surface area contributed by atoms with E-state index in [1.165, 1.54) is 5.01 Å². The van der Waals surface area contributed by atoms with Crippen LogP contribution in [0, 0.1) is 5.92 Å². The Morgan fingerprint density at radius 3 is 2.54 bits per heavy atom. The number of rotatable bonds is 3. The van der Waals surface area contributed by atoms with Crippen molar-refractivity contribution in [1.82, 2.24) is 14.8 Å². The van der Waals surface area contributed by atoms with E-state index in [-0.39, 0.29) is 17.4 Å². The number of hydrogen-bond donors (Lipinski definition) is 1. The summed E-state index contributed by atoms with van der Waals surface area (Å²) in [7, 11) is 0. The van der Waals surface area contributed by atoms with E-state index in [0.717, 1.165) is 57.7 Å². The van der Waals surface area contributed by atoms with Crippen molar-refractivity contribution in [2.45, 2.75) is 58.0 Å². The fourth-order valence-electron chi connectivity index (χ4n) is 3.58. The summed E-state index contributed by atoms with van der Waals surface area (Å²) >= 11 is 1.75. The number of hydrogen-bond acceptors (Lipinski definition) is 5. The summed E-state index contributed by atoms with van der Waals surface area (Å²) in [6, 6.07) is 0.224. The predicted molar refractivity (Wildman–Crippen MR) is 98.0 cm³/mol. The fraction of sp³-hybridized carbons (Fsp3) is 0.778. The third-order valence-corrected chi connectivity index (χ3v) is 6.40. The SMILES string of the molecule is CC(C)(C)c1nc(CN2CCN(C(=O)C3CCC(N)C3)CC2)cs1. The van der Waals surface area contributed by atoms with E-state index in [1.807, 2.05) is 4.90 Å². The first-order valence-corrected chi connectivity index (χ1v) is 9.92. The number of aromatic nitrogens is 1. The third-order valence-electron chi connectivity index (χ3n) is 5.09. The number of piperazine rings is 1. The number of nitrogens with zero attached hydrogens (tertiary/aromatic N) is 3. The van der Waals surface area contributed by atoms with E-state index in [2.05, 4.69) is 31.1 Å². The Morgan fingerprint density at radius 1 is 1.29 bits per heavy atom. The molecule has 6 heteroatoms. The lowest BCUT2D eigenvalue weighted by atomic mass is 9.98. The van der Waals surface area contributed by atoms with Crippen LogP contribution >= 0.6 is 11.3 Å². The van der Waals surface area contributed by atoms with Gasteiger partial charge in [0.05, 0.1) is 10.7 Å². The summed E-state index contributed by atoms with van der Waals surface area (Å²) in [5.41, 5.74) is 7.23. The monoisotopic (exact) mass is 350 g/mol. The number of thiazole rings is 1. The van der Waals surface area contributed by atoms with Gasteiger partial charge in [0, 0.05) is 55.5 Å². The Balaban J connectivity index is 1.48. The van der Waals surface area contributed by atoms with Gasteiger partial charge in [-0.05, 0) is 19.3 Å². The molecule has 2 atom stereocenters. The van der Waals surface area contributed by atoms with Crippen molar-refractivity contribution in [2.24, 2.45) is 11.7 Å². The highest BCUT2D eigenvalue weighted by atomic mass is 32.1. The number of carbonyl (C=O) groups is 1. The largest absolute Gasteiger partial charge is 0.340 e. The van der Waals surface area contributed by atoms with Gasteiger partial charge in [0.25, 0.3) is 0 Å². The van der Waals surface area contributed by atoms with Gasteiger partial charge in [0.15, 0.2) is 0 Å². The molecule has 0 spiro atoms. The van der Waals surface area contributed by atoms with E-state index >= 15 is 0 Å². The van der Waals surface area contributed by atoms with Crippen LogP contribution in [0.25, 0.3) is 0 Å². The molecule has 1 amide bonds.